The molecule has 6 nitrogen and oxygen atoms in total. The summed E-state index contributed by atoms with van der Waals surface area (Å²) in [7, 11) is 4.69. The third-order valence-corrected chi connectivity index (χ3v) is 4.41. The van der Waals surface area contributed by atoms with Crippen LogP contribution < -0.4 is 19.5 Å². The largest absolute Gasteiger partial charge is 0.493 e. The zero-order valence-corrected chi connectivity index (χ0v) is 17.6. The van der Waals surface area contributed by atoms with Crippen molar-refractivity contribution in [2.45, 2.75) is 26.3 Å². The molecule has 0 saturated heterocycles. The fourth-order valence-electron chi connectivity index (χ4n) is 3.15. The number of ether oxygens (including phenoxy) is 3. The van der Waals surface area contributed by atoms with Gasteiger partial charge in [-0.15, -0.1) is 0 Å². The van der Waals surface area contributed by atoms with Crippen LogP contribution in [0, 0.1) is 0 Å². The standard InChI is InChI=1S/C23H26N2O4/c1-23(2,3)25-22(26)16-13-18(24-17-10-8-7-9-15(16)17)14-11-19(27-4)21(29-6)20(12-14)28-5/h7-13H,1-6H3,(H,25,26). The molecule has 1 amide bonds. The number of para-hydroxylation sites is 1. The number of aromatic nitrogens is 1. The van der Waals surface area contributed by atoms with Crippen molar-refractivity contribution in [3.05, 3.63) is 48.0 Å². The molecule has 3 rings (SSSR count). The zero-order chi connectivity index (χ0) is 21.2. The van der Waals surface area contributed by atoms with Crippen molar-refractivity contribution in [3.63, 3.8) is 0 Å². The van der Waals surface area contributed by atoms with Gasteiger partial charge < -0.3 is 19.5 Å². The number of hydrogen-bond acceptors (Lipinski definition) is 5. The Morgan fingerprint density at radius 2 is 1.55 bits per heavy atom. The lowest BCUT2D eigenvalue weighted by atomic mass is 10.0. The van der Waals surface area contributed by atoms with Gasteiger partial charge in [0, 0.05) is 16.5 Å². The fraction of sp³-hybridized carbons (Fsp3) is 0.304. The smallest absolute Gasteiger partial charge is 0.252 e. The van der Waals surface area contributed by atoms with E-state index in [-0.39, 0.29) is 11.4 Å². The third-order valence-electron chi connectivity index (χ3n) is 4.41. The number of amides is 1. The van der Waals surface area contributed by atoms with Crippen LogP contribution in [0.4, 0.5) is 0 Å². The monoisotopic (exact) mass is 394 g/mol. The van der Waals surface area contributed by atoms with Crippen LogP contribution in [-0.2, 0) is 0 Å². The Bertz CT molecular complexity index is 1030. The number of nitrogens with zero attached hydrogens (tertiary/aromatic N) is 1. The molecular weight excluding hydrogens is 368 g/mol. The maximum Gasteiger partial charge on any atom is 0.252 e. The molecule has 0 aliphatic carbocycles. The quantitative estimate of drug-likeness (QED) is 0.692. The highest BCUT2D eigenvalue weighted by Crippen LogP contribution is 2.41. The van der Waals surface area contributed by atoms with E-state index in [1.165, 1.54) is 0 Å². The van der Waals surface area contributed by atoms with Gasteiger partial charge in [-0.1, -0.05) is 18.2 Å². The number of methoxy groups -OCH3 is 3. The average molecular weight is 394 g/mol. The first-order valence-electron chi connectivity index (χ1n) is 9.30. The van der Waals surface area contributed by atoms with E-state index in [1.54, 1.807) is 27.4 Å². The van der Waals surface area contributed by atoms with Crippen LogP contribution in [0.25, 0.3) is 22.2 Å². The predicted molar refractivity (Wildman–Crippen MR) is 114 cm³/mol. The van der Waals surface area contributed by atoms with Crippen LogP contribution in [0.1, 0.15) is 31.1 Å². The molecule has 152 valence electrons. The lowest BCUT2D eigenvalue weighted by molar-refractivity contribution is 0.0921. The summed E-state index contributed by atoms with van der Waals surface area (Å²) >= 11 is 0. The first-order chi connectivity index (χ1) is 13.8. The van der Waals surface area contributed by atoms with Crippen LogP contribution in [0.2, 0.25) is 0 Å². The van der Waals surface area contributed by atoms with Crippen molar-refractivity contribution in [2.75, 3.05) is 21.3 Å². The van der Waals surface area contributed by atoms with Crippen LogP contribution in [0.15, 0.2) is 42.5 Å². The van der Waals surface area contributed by atoms with Gasteiger partial charge in [0.15, 0.2) is 11.5 Å². The number of nitrogens with one attached hydrogen (secondary N) is 1. The molecule has 1 heterocycles. The Kier molecular flexibility index (Phi) is 5.64. The minimum atomic E-state index is -0.353. The summed E-state index contributed by atoms with van der Waals surface area (Å²) in [5, 5.41) is 3.83. The van der Waals surface area contributed by atoms with E-state index < -0.39 is 0 Å². The van der Waals surface area contributed by atoms with Crippen molar-refractivity contribution in [3.8, 4) is 28.5 Å². The van der Waals surface area contributed by atoms with Crippen molar-refractivity contribution in [1.29, 1.82) is 0 Å². The minimum Gasteiger partial charge on any atom is -0.493 e. The molecular formula is C23H26N2O4. The molecule has 2 aromatic carbocycles. The van der Waals surface area contributed by atoms with E-state index in [0.717, 1.165) is 16.5 Å². The molecule has 0 aliphatic heterocycles. The van der Waals surface area contributed by atoms with Gasteiger partial charge in [0.25, 0.3) is 5.91 Å². The van der Waals surface area contributed by atoms with E-state index in [0.29, 0.717) is 28.5 Å². The number of carbonyl (C=O) groups is 1. The van der Waals surface area contributed by atoms with E-state index >= 15 is 0 Å². The number of benzene rings is 2. The highest BCUT2D eigenvalue weighted by molar-refractivity contribution is 6.07. The molecule has 1 N–H and O–H groups in total. The second kappa shape index (κ2) is 7.99. The van der Waals surface area contributed by atoms with Gasteiger partial charge in [0.2, 0.25) is 5.75 Å². The van der Waals surface area contributed by atoms with Gasteiger partial charge in [-0.3, -0.25) is 4.79 Å². The molecule has 0 unspecified atom stereocenters. The minimum absolute atomic E-state index is 0.148. The van der Waals surface area contributed by atoms with Crippen molar-refractivity contribution in [1.82, 2.24) is 10.3 Å². The fourth-order valence-corrected chi connectivity index (χ4v) is 3.15. The molecule has 0 saturated carbocycles. The van der Waals surface area contributed by atoms with Crippen LogP contribution >= 0.6 is 0 Å². The topological polar surface area (TPSA) is 69.7 Å². The number of pyridine rings is 1. The number of rotatable bonds is 5. The lowest BCUT2D eigenvalue weighted by Crippen LogP contribution is -2.40. The highest BCUT2D eigenvalue weighted by atomic mass is 16.5. The summed E-state index contributed by atoms with van der Waals surface area (Å²) in [6, 6.07) is 13.0. The summed E-state index contributed by atoms with van der Waals surface area (Å²) in [6.07, 6.45) is 0. The molecule has 6 heteroatoms. The number of hydrogen-bond donors (Lipinski definition) is 1. The van der Waals surface area contributed by atoms with Gasteiger partial charge in [0.1, 0.15) is 0 Å². The van der Waals surface area contributed by atoms with E-state index in [1.807, 2.05) is 57.2 Å². The zero-order valence-electron chi connectivity index (χ0n) is 17.6. The number of fused-ring (bicyclic) bond motifs is 1. The third kappa shape index (κ3) is 4.26. The molecule has 0 spiro atoms. The van der Waals surface area contributed by atoms with Crippen LogP contribution in [-0.4, -0.2) is 37.8 Å². The first kappa shape index (κ1) is 20.5. The Balaban J connectivity index is 2.22. The van der Waals surface area contributed by atoms with E-state index in [2.05, 4.69) is 5.32 Å². The molecule has 0 aliphatic rings. The van der Waals surface area contributed by atoms with Crippen molar-refractivity contribution in [2.24, 2.45) is 0 Å². The Labute approximate surface area is 170 Å². The SMILES string of the molecule is COc1cc(-c2cc(C(=O)NC(C)(C)C)c3ccccc3n2)cc(OC)c1OC. The van der Waals surface area contributed by atoms with Gasteiger partial charge in [-0.25, -0.2) is 4.98 Å². The summed E-state index contributed by atoms with van der Waals surface area (Å²) < 4.78 is 16.3. The van der Waals surface area contributed by atoms with Crippen molar-refractivity contribution < 1.29 is 19.0 Å². The second-order valence-corrected chi connectivity index (χ2v) is 7.69. The second-order valence-electron chi connectivity index (χ2n) is 7.69. The average Bonchev–Trinajstić information content (AvgIpc) is 2.70. The maximum atomic E-state index is 13.0. The van der Waals surface area contributed by atoms with Gasteiger partial charge in [0.05, 0.1) is 38.1 Å². The molecule has 0 fully saturated rings. The van der Waals surface area contributed by atoms with Crippen LogP contribution in [0.5, 0.6) is 17.2 Å². The Morgan fingerprint density at radius 3 is 2.10 bits per heavy atom. The van der Waals surface area contributed by atoms with E-state index in [9.17, 15) is 4.79 Å². The molecule has 0 bridgehead atoms. The Morgan fingerprint density at radius 1 is 0.931 bits per heavy atom. The normalized spacial score (nSPS) is 11.2. The van der Waals surface area contributed by atoms with Crippen molar-refractivity contribution >= 4 is 16.8 Å². The Hall–Kier alpha value is -3.28. The maximum absolute atomic E-state index is 13.0. The molecule has 0 radical (unpaired) electrons. The first-order valence-corrected chi connectivity index (χ1v) is 9.30. The number of carbonyl (C=O) groups excluding carboxylic acids is 1. The summed E-state index contributed by atoms with van der Waals surface area (Å²) in [5.74, 6) is 1.41. The lowest BCUT2D eigenvalue weighted by Gasteiger charge is -2.21. The summed E-state index contributed by atoms with van der Waals surface area (Å²) in [6.45, 7) is 5.86. The van der Waals surface area contributed by atoms with Gasteiger partial charge in [-0.05, 0) is 45.0 Å². The van der Waals surface area contributed by atoms with Gasteiger partial charge >= 0.3 is 0 Å². The summed E-state index contributed by atoms with van der Waals surface area (Å²) in [5.41, 5.74) is 2.35. The molecule has 0 atom stereocenters. The molecule has 29 heavy (non-hydrogen) atoms. The summed E-state index contributed by atoms with van der Waals surface area (Å²) in [4.78, 5) is 17.8. The van der Waals surface area contributed by atoms with Crippen LogP contribution in [0.3, 0.4) is 0 Å². The molecule has 3 aromatic rings. The van der Waals surface area contributed by atoms with E-state index in [4.69, 9.17) is 19.2 Å². The predicted octanol–water partition coefficient (Wildman–Crippen LogP) is 4.46. The van der Waals surface area contributed by atoms with Gasteiger partial charge in [-0.2, -0.15) is 0 Å². The molecule has 1 aromatic heterocycles. The highest BCUT2D eigenvalue weighted by Gasteiger charge is 2.20.